The van der Waals surface area contributed by atoms with Gasteiger partial charge in [0.2, 0.25) is 5.91 Å². The van der Waals surface area contributed by atoms with E-state index in [1.165, 1.54) is 0 Å². The summed E-state index contributed by atoms with van der Waals surface area (Å²) in [6.07, 6.45) is 1.80. The summed E-state index contributed by atoms with van der Waals surface area (Å²) in [5, 5.41) is 2.87. The van der Waals surface area contributed by atoms with Crippen LogP contribution in [0.1, 0.15) is 23.2 Å². The van der Waals surface area contributed by atoms with Crippen molar-refractivity contribution in [2.24, 2.45) is 5.92 Å². The largest absolute Gasteiger partial charge is 0.354 e. The second-order valence-electron chi connectivity index (χ2n) is 5.07. The SMILES string of the molecule is O=C1NCC2C1CCCN2C(=O)c1cccc(I)c1. The first-order chi connectivity index (χ1) is 9.16. The average Bonchev–Trinajstić information content (AvgIpc) is 2.80. The van der Waals surface area contributed by atoms with Gasteiger partial charge in [0.15, 0.2) is 0 Å². The number of benzene rings is 1. The van der Waals surface area contributed by atoms with E-state index in [-0.39, 0.29) is 23.8 Å². The van der Waals surface area contributed by atoms with Gasteiger partial charge in [-0.1, -0.05) is 6.07 Å². The highest BCUT2D eigenvalue weighted by Crippen LogP contribution is 2.28. The zero-order valence-electron chi connectivity index (χ0n) is 10.4. The van der Waals surface area contributed by atoms with Crippen molar-refractivity contribution < 1.29 is 9.59 Å². The lowest BCUT2D eigenvalue weighted by Crippen LogP contribution is -2.48. The zero-order valence-corrected chi connectivity index (χ0v) is 12.6. The molecule has 1 N–H and O–H groups in total. The van der Waals surface area contributed by atoms with Crippen molar-refractivity contribution in [2.75, 3.05) is 13.1 Å². The molecule has 3 rings (SSSR count). The summed E-state index contributed by atoms with van der Waals surface area (Å²) in [7, 11) is 0. The molecule has 2 aliphatic rings. The number of carbonyl (C=O) groups excluding carboxylic acids is 2. The third-order valence-corrected chi connectivity index (χ3v) is 4.60. The number of halogens is 1. The van der Waals surface area contributed by atoms with E-state index in [0.29, 0.717) is 12.1 Å². The Labute approximate surface area is 125 Å². The van der Waals surface area contributed by atoms with Crippen molar-refractivity contribution in [3.63, 3.8) is 0 Å². The van der Waals surface area contributed by atoms with Gasteiger partial charge in [-0.2, -0.15) is 0 Å². The van der Waals surface area contributed by atoms with Gasteiger partial charge in [-0.15, -0.1) is 0 Å². The van der Waals surface area contributed by atoms with Crippen LogP contribution in [-0.2, 0) is 4.79 Å². The fourth-order valence-corrected chi connectivity index (χ4v) is 3.53. The molecule has 2 saturated heterocycles. The Bertz CT molecular complexity index is 532. The maximum Gasteiger partial charge on any atom is 0.254 e. The normalized spacial score (nSPS) is 25.9. The van der Waals surface area contributed by atoms with Gasteiger partial charge in [0.25, 0.3) is 5.91 Å². The summed E-state index contributed by atoms with van der Waals surface area (Å²) in [6.45, 7) is 1.35. The van der Waals surface area contributed by atoms with Crippen molar-refractivity contribution in [1.82, 2.24) is 10.2 Å². The molecule has 2 atom stereocenters. The molecule has 2 unspecified atom stereocenters. The summed E-state index contributed by atoms with van der Waals surface area (Å²) in [6, 6.07) is 7.65. The Hall–Kier alpha value is -1.11. The lowest BCUT2D eigenvalue weighted by molar-refractivity contribution is -0.123. The zero-order chi connectivity index (χ0) is 13.4. The standard InChI is InChI=1S/C14H15IN2O2/c15-10-4-1-3-9(7-10)14(19)17-6-2-5-11-12(17)8-16-13(11)18/h1,3-4,7,11-12H,2,5-6,8H2,(H,16,18). The molecule has 4 nitrogen and oxygen atoms in total. The van der Waals surface area contributed by atoms with E-state index in [4.69, 9.17) is 0 Å². The third-order valence-electron chi connectivity index (χ3n) is 3.93. The minimum Gasteiger partial charge on any atom is -0.354 e. The van der Waals surface area contributed by atoms with Crippen LogP contribution < -0.4 is 5.32 Å². The molecule has 0 aliphatic carbocycles. The smallest absolute Gasteiger partial charge is 0.254 e. The first-order valence-corrected chi connectivity index (χ1v) is 7.59. The van der Waals surface area contributed by atoms with Crippen molar-refractivity contribution in [3.05, 3.63) is 33.4 Å². The first-order valence-electron chi connectivity index (χ1n) is 6.51. The fourth-order valence-electron chi connectivity index (χ4n) is 2.99. The monoisotopic (exact) mass is 370 g/mol. The molecule has 1 aromatic rings. The summed E-state index contributed by atoms with van der Waals surface area (Å²) in [5.74, 6) is 0.135. The van der Waals surface area contributed by atoms with Gasteiger partial charge in [0.1, 0.15) is 0 Å². The number of fused-ring (bicyclic) bond motifs is 1. The first kappa shape index (κ1) is 12.9. The summed E-state index contributed by atoms with van der Waals surface area (Å²) < 4.78 is 1.05. The Kier molecular flexibility index (Phi) is 3.47. The predicted octanol–water partition coefficient (Wildman–Crippen LogP) is 1.64. The molecule has 0 saturated carbocycles. The maximum absolute atomic E-state index is 12.6. The van der Waals surface area contributed by atoms with Crippen molar-refractivity contribution in [2.45, 2.75) is 18.9 Å². The Morgan fingerprint density at radius 1 is 1.42 bits per heavy atom. The van der Waals surface area contributed by atoms with Gasteiger partial charge in [0, 0.05) is 22.2 Å². The van der Waals surface area contributed by atoms with E-state index in [0.717, 1.165) is 23.0 Å². The van der Waals surface area contributed by atoms with Crippen LogP contribution in [0.5, 0.6) is 0 Å². The lowest BCUT2D eigenvalue weighted by atomic mass is 9.91. The van der Waals surface area contributed by atoms with Crippen LogP contribution in [-0.4, -0.2) is 35.8 Å². The number of carbonyl (C=O) groups is 2. The highest BCUT2D eigenvalue weighted by atomic mass is 127. The van der Waals surface area contributed by atoms with Gasteiger partial charge in [0.05, 0.1) is 12.0 Å². The Balaban J connectivity index is 1.85. The summed E-state index contributed by atoms with van der Waals surface area (Å²) in [5.41, 5.74) is 0.715. The highest BCUT2D eigenvalue weighted by Gasteiger charge is 2.42. The number of likely N-dealkylation sites (tertiary alicyclic amines) is 1. The molecular formula is C14H15IN2O2. The number of amides is 2. The van der Waals surface area contributed by atoms with Crippen LogP contribution in [0.15, 0.2) is 24.3 Å². The minimum absolute atomic E-state index is 0.0134. The van der Waals surface area contributed by atoms with Gasteiger partial charge >= 0.3 is 0 Å². The molecule has 2 fully saturated rings. The van der Waals surface area contributed by atoms with Crippen molar-refractivity contribution in [3.8, 4) is 0 Å². The number of nitrogens with one attached hydrogen (secondary N) is 1. The molecular weight excluding hydrogens is 355 g/mol. The van der Waals surface area contributed by atoms with Gasteiger partial charge < -0.3 is 10.2 Å². The lowest BCUT2D eigenvalue weighted by Gasteiger charge is -2.36. The number of hydrogen-bond acceptors (Lipinski definition) is 2. The molecule has 0 spiro atoms. The Morgan fingerprint density at radius 2 is 2.26 bits per heavy atom. The van der Waals surface area contributed by atoms with E-state index in [1.807, 2.05) is 29.2 Å². The van der Waals surface area contributed by atoms with Crippen LogP contribution in [0.3, 0.4) is 0 Å². The van der Waals surface area contributed by atoms with Crippen LogP contribution >= 0.6 is 22.6 Å². The van der Waals surface area contributed by atoms with Crippen molar-refractivity contribution in [1.29, 1.82) is 0 Å². The van der Waals surface area contributed by atoms with Gasteiger partial charge in [-0.25, -0.2) is 0 Å². The molecule has 1 aromatic carbocycles. The molecule has 19 heavy (non-hydrogen) atoms. The quantitative estimate of drug-likeness (QED) is 0.765. The number of piperidine rings is 1. The number of rotatable bonds is 1. The minimum atomic E-state index is -0.0134. The van der Waals surface area contributed by atoms with Gasteiger partial charge in [-0.05, 0) is 53.6 Å². The molecule has 2 amide bonds. The number of hydrogen-bond donors (Lipinski definition) is 1. The third kappa shape index (κ3) is 2.35. The average molecular weight is 370 g/mol. The van der Waals surface area contributed by atoms with Crippen LogP contribution in [0.2, 0.25) is 0 Å². The molecule has 2 heterocycles. The topological polar surface area (TPSA) is 49.4 Å². The van der Waals surface area contributed by atoms with E-state index in [2.05, 4.69) is 27.9 Å². The summed E-state index contributed by atoms with van der Waals surface area (Å²) >= 11 is 2.21. The highest BCUT2D eigenvalue weighted by molar-refractivity contribution is 14.1. The molecule has 0 bridgehead atoms. The molecule has 2 aliphatic heterocycles. The maximum atomic E-state index is 12.6. The molecule has 5 heteroatoms. The van der Waals surface area contributed by atoms with Crippen molar-refractivity contribution >= 4 is 34.4 Å². The van der Waals surface area contributed by atoms with Crippen LogP contribution in [0.4, 0.5) is 0 Å². The Morgan fingerprint density at radius 3 is 3.05 bits per heavy atom. The predicted molar refractivity (Wildman–Crippen MR) is 79.7 cm³/mol. The molecule has 0 aromatic heterocycles. The molecule has 0 radical (unpaired) electrons. The molecule has 100 valence electrons. The van der Waals surface area contributed by atoms with Gasteiger partial charge in [-0.3, -0.25) is 9.59 Å². The van der Waals surface area contributed by atoms with E-state index in [9.17, 15) is 9.59 Å². The van der Waals surface area contributed by atoms with E-state index < -0.39 is 0 Å². The van der Waals surface area contributed by atoms with Crippen LogP contribution in [0, 0.1) is 9.49 Å². The number of nitrogens with zero attached hydrogens (tertiary/aromatic N) is 1. The second kappa shape index (κ2) is 5.11. The van der Waals surface area contributed by atoms with Crippen LogP contribution in [0.25, 0.3) is 0 Å². The fraction of sp³-hybridized carbons (Fsp3) is 0.429. The summed E-state index contributed by atoms with van der Waals surface area (Å²) in [4.78, 5) is 26.2. The van der Waals surface area contributed by atoms with E-state index >= 15 is 0 Å². The van der Waals surface area contributed by atoms with E-state index in [1.54, 1.807) is 0 Å². The second-order valence-corrected chi connectivity index (χ2v) is 6.32.